The number of hydrogen-bond acceptors (Lipinski definition) is 6. The SMILES string of the molecule is COC(=O)c1ccc(OCCc2c(CCN(c3ccccc3O)S(C)(=O)=O)n(C(c3ccccc3)c3ccccc3)c3ccc(Cl)cc23)cc1. The maximum atomic E-state index is 13.2. The number of benzene rings is 5. The van der Waals surface area contributed by atoms with Crippen molar-refractivity contribution in [1.82, 2.24) is 4.57 Å². The van der Waals surface area contributed by atoms with Crippen molar-refractivity contribution >= 4 is 44.2 Å². The van der Waals surface area contributed by atoms with Gasteiger partial charge >= 0.3 is 5.97 Å². The highest BCUT2D eigenvalue weighted by atomic mass is 35.5. The molecule has 0 bridgehead atoms. The van der Waals surface area contributed by atoms with Crippen molar-refractivity contribution in [1.29, 1.82) is 0 Å². The van der Waals surface area contributed by atoms with Gasteiger partial charge in [-0.15, -0.1) is 0 Å². The summed E-state index contributed by atoms with van der Waals surface area (Å²) in [6.45, 7) is 0.367. The highest BCUT2D eigenvalue weighted by Gasteiger charge is 2.28. The molecule has 0 saturated carbocycles. The molecule has 0 saturated heterocycles. The van der Waals surface area contributed by atoms with Crippen molar-refractivity contribution in [2.24, 2.45) is 0 Å². The van der Waals surface area contributed by atoms with Gasteiger partial charge in [-0.25, -0.2) is 13.2 Å². The summed E-state index contributed by atoms with van der Waals surface area (Å²) in [6, 6.07) is 39.1. The topological polar surface area (TPSA) is 98.1 Å². The first-order chi connectivity index (χ1) is 24.2. The maximum Gasteiger partial charge on any atom is 0.337 e. The van der Waals surface area contributed by atoms with E-state index < -0.39 is 16.0 Å². The highest BCUT2D eigenvalue weighted by Crippen LogP contribution is 2.38. The number of para-hydroxylation sites is 2. The Hall–Kier alpha value is -5.25. The van der Waals surface area contributed by atoms with Gasteiger partial charge in [0, 0.05) is 41.0 Å². The molecule has 0 atom stereocenters. The van der Waals surface area contributed by atoms with Crippen LogP contribution in [0.1, 0.15) is 38.8 Å². The zero-order chi connectivity index (χ0) is 35.3. The number of esters is 1. The van der Waals surface area contributed by atoms with E-state index in [1.54, 1.807) is 42.5 Å². The Kier molecular flexibility index (Phi) is 10.5. The lowest BCUT2D eigenvalue weighted by molar-refractivity contribution is 0.0600. The van der Waals surface area contributed by atoms with Crippen LogP contribution in [0.4, 0.5) is 5.69 Å². The van der Waals surface area contributed by atoms with Crippen LogP contribution in [0, 0.1) is 0 Å². The molecule has 0 radical (unpaired) electrons. The van der Waals surface area contributed by atoms with Crippen LogP contribution < -0.4 is 9.04 Å². The van der Waals surface area contributed by atoms with Gasteiger partial charge in [-0.3, -0.25) is 4.31 Å². The number of carbonyl (C=O) groups excluding carboxylic acids is 1. The van der Waals surface area contributed by atoms with E-state index in [0.717, 1.165) is 39.5 Å². The lowest BCUT2D eigenvalue weighted by Crippen LogP contribution is -2.32. The van der Waals surface area contributed by atoms with Crippen LogP contribution >= 0.6 is 11.6 Å². The minimum absolute atomic E-state index is 0.0691. The minimum Gasteiger partial charge on any atom is -0.506 e. The summed E-state index contributed by atoms with van der Waals surface area (Å²) < 4.78 is 41.0. The van der Waals surface area contributed by atoms with Gasteiger partial charge in [-0.2, -0.15) is 0 Å². The van der Waals surface area contributed by atoms with Crippen molar-refractivity contribution in [2.45, 2.75) is 18.9 Å². The Balaban J connectivity index is 1.49. The van der Waals surface area contributed by atoms with Crippen molar-refractivity contribution in [3.63, 3.8) is 0 Å². The average Bonchev–Trinajstić information content (AvgIpc) is 3.41. The molecule has 6 aromatic rings. The van der Waals surface area contributed by atoms with Crippen LogP contribution in [-0.2, 0) is 27.6 Å². The molecule has 5 aromatic carbocycles. The molecule has 0 spiro atoms. The number of phenolic OH excluding ortho intramolecular Hbond substituents is 1. The van der Waals surface area contributed by atoms with Crippen LogP contribution in [0.5, 0.6) is 11.5 Å². The van der Waals surface area contributed by atoms with Crippen LogP contribution in [0.3, 0.4) is 0 Å². The fraction of sp³-hybridized carbons (Fsp3) is 0.175. The quantitative estimate of drug-likeness (QED) is 0.122. The highest BCUT2D eigenvalue weighted by molar-refractivity contribution is 7.92. The standard InChI is InChI=1S/C40H37ClN2O6S/c1-48-40(45)30-17-20-32(21-18-30)49-26-24-33-34-27-31(41)19-22-35(34)43(39(28-11-5-3-6-12-28)29-13-7-4-8-14-29)36(33)23-25-42(50(2,46)47)37-15-9-10-16-38(37)44/h3-22,27,39,44H,23-26H2,1-2H3. The van der Waals surface area contributed by atoms with Crippen LogP contribution in [0.15, 0.2) is 127 Å². The fourth-order valence-electron chi connectivity index (χ4n) is 6.44. The number of hydrogen-bond donors (Lipinski definition) is 1. The lowest BCUT2D eigenvalue weighted by Gasteiger charge is -2.27. The van der Waals surface area contributed by atoms with Crippen molar-refractivity contribution in [2.75, 3.05) is 30.8 Å². The third kappa shape index (κ3) is 7.49. The van der Waals surface area contributed by atoms with Crippen molar-refractivity contribution < 1.29 is 27.8 Å². The normalized spacial score (nSPS) is 11.5. The van der Waals surface area contributed by atoms with Gasteiger partial charge in [-0.1, -0.05) is 84.4 Å². The van der Waals surface area contributed by atoms with E-state index in [2.05, 4.69) is 28.8 Å². The summed E-state index contributed by atoms with van der Waals surface area (Å²) in [7, 11) is -2.44. The minimum atomic E-state index is -3.78. The van der Waals surface area contributed by atoms with Gasteiger partial charge in [0.25, 0.3) is 0 Å². The number of anilines is 1. The van der Waals surface area contributed by atoms with E-state index in [0.29, 0.717) is 35.8 Å². The number of methoxy groups -OCH3 is 1. The van der Waals surface area contributed by atoms with E-state index in [4.69, 9.17) is 21.1 Å². The molecule has 50 heavy (non-hydrogen) atoms. The number of aromatic nitrogens is 1. The predicted octanol–water partition coefficient (Wildman–Crippen LogP) is 8.05. The molecule has 0 aliphatic heterocycles. The largest absolute Gasteiger partial charge is 0.506 e. The molecule has 1 heterocycles. The second kappa shape index (κ2) is 15.1. The number of phenols is 1. The van der Waals surface area contributed by atoms with Crippen LogP contribution in [0.25, 0.3) is 10.9 Å². The number of ether oxygens (including phenoxy) is 2. The van der Waals surface area contributed by atoms with E-state index in [-0.39, 0.29) is 24.0 Å². The zero-order valence-electron chi connectivity index (χ0n) is 27.7. The van der Waals surface area contributed by atoms with E-state index in [9.17, 15) is 18.3 Å². The second-order valence-electron chi connectivity index (χ2n) is 11.9. The monoisotopic (exact) mass is 708 g/mol. The Bertz CT molecular complexity index is 2170. The predicted molar refractivity (Wildman–Crippen MR) is 198 cm³/mol. The Morgan fingerprint density at radius 1 is 0.840 bits per heavy atom. The lowest BCUT2D eigenvalue weighted by atomic mass is 9.97. The van der Waals surface area contributed by atoms with Gasteiger partial charge < -0.3 is 19.1 Å². The number of nitrogens with zero attached hydrogens (tertiary/aromatic N) is 2. The maximum absolute atomic E-state index is 13.2. The molecule has 0 amide bonds. The Labute approximate surface area is 297 Å². The number of sulfonamides is 1. The van der Waals surface area contributed by atoms with Crippen molar-refractivity contribution in [3.8, 4) is 11.5 Å². The van der Waals surface area contributed by atoms with E-state index in [1.165, 1.54) is 17.5 Å². The third-order valence-corrected chi connectivity index (χ3v) is 10.1. The summed E-state index contributed by atoms with van der Waals surface area (Å²) in [5.41, 5.74) is 5.57. The number of halogens is 1. The Morgan fingerprint density at radius 2 is 1.46 bits per heavy atom. The number of fused-ring (bicyclic) bond motifs is 1. The van der Waals surface area contributed by atoms with Crippen LogP contribution in [-0.4, -0.2) is 50.6 Å². The summed E-state index contributed by atoms with van der Waals surface area (Å²) in [5.74, 6) is 0.0444. The zero-order valence-corrected chi connectivity index (χ0v) is 29.3. The van der Waals surface area contributed by atoms with E-state index >= 15 is 0 Å². The summed E-state index contributed by atoms with van der Waals surface area (Å²) >= 11 is 6.64. The first-order valence-electron chi connectivity index (χ1n) is 16.1. The summed E-state index contributed by atoms with van der Waals surface area (Å²) in [4.78, 5) is 11.9. The fourth-order valence-corrected chi connectivity index (χ4v) is 7.54. The number of aromatic hydroxyl groups is 1. The summed E-state index contributed by atoms with van der Waals surface area (Å²) in [5, 5.41) is 12.2. The van der Waals surface area contributed by atoms with E-state index in [1.807, 2.05) is 54.6 Å². The summed E-state index contributed by atoms with van der Waals surface area (Å²) in [6.07, 6.45) is 1.93. The van der Waals surface area contributed by atoms with Crippen molar-refractivity contribution in [3.05, 3.63) is 160 Å². The number of rotatable bonds is 13. The van der Waals surface area contributed by atoms with Gasteiger partial charge in [-0.05, 0) is 71.3 Å². The average molecular weight is 709 g/mol. The molecule has 0 unspecified atom stereocenters. The molecule has 0 fully saturated rings. The molecule has 0 aliphatic carbocycles. The third-order valence-electron chi connectivity index (χ3n) is 8.67. The smallest absolute Gasteiger partial charge is 0.337 e. The van der Waals surface area contributed by atoms with Gasteiger partial charge in [0.15, 0.2) is 0 Å². The van der Waals surface area contributed by atoms with Gasteiger partial charge in [0.1, 0.15) is 11.5 Å². The molecule has 1 N–H and O–H groups in total. The molecule has 8 nitrogen and oxygen atoms in total. The number of carbonyl (C=O) groups is 1. The molecule has 10 heteroatoms. The first kappa shape index (κ1) is 34.6. The van der Waals surface area contributed by atoms with Gasteiger partial charge in [0.05, 0.1) is 37.3 Å². The molecule has 0 aliphatic rings. The van der Waals surface area contributed by atoms with Gasteiger partial charge in [0.2, 0.25) is 10.0 Å². The van der Waals surface area contributed by atoms with Crippen LogP contribution in [0.2, 0.25) is 5.02 Å². The molecular weight excluding hydrogens is 672 g/mol. The first-order valence-corrected chi connectivity index (χ1v) is 18.4. The second-order valence-corrected chi connectivity index (χ2v) is 14.2. The molecule has 256 valence electrons. The molecule has 6 rings (SSSR count). The molecular formula is C40H37ClN2O6S. The Morgan fingerprint density at radius 3 is 2.06 bits per heavy atom. The molecule has 1 aromatic heterocycles.